The highest BCUT2D eigenvalue weighted by Gasteiger charge is 2.20. The van der Waals surface area contributed by atoms with Gasteiger partial charge in [0.1, 0.15) is 5.82 Å². The lowest BCUT2D eigenvalue weighted by atomic mass is 10.2. The lowest BCUT2D eigenvalue weighted by Crippen LogP contribution is -2.50. The van der Waals surface area contributed by atoms with Crippen LogP contribution in [-0.2, 0) is 16.1 Å². The van der Waals surface area contributed by atoms with Crippen molar-refractivity contribution in [3.05, 3.63) is 46.6 Å². The quantitative estimate of drug-likeness (QED) is 0.798. The number of halogens is 1. The molecule has 0 unspecified atom stereocenters. The summed E-state index contributed by atoms with van der Waals surface area (Å²) in [6.45, 7) is 2.15. The standard InChI is InChI=1S/C16H18BrN5O2/c17-13-3-1-2-12(8-13)10-22-14(4-5-19-22)20-15(23)11-21-7-6-18-9-16(21)24/h1-5,8,18H,6-7,9-11H2,(H,20,23). The number of anilines is 1. The molecule has 0 saturated carbocycles. The number of hydrogen-bond donors (Lipinski definition) is 2. The molecule has 2 N–H and O–H groups in total. The molecule has 0 spiro atoms. The Labute approximate surface area is 148 Å². The first-order valence-corrected chi connectivity index (χ1v) is 8.46. The largest absolute Gasteiger partial charge is 0.331 e. The normalized spacial score (nSPS) is 14.7. The van der Waals surface area contributed by atoms with E-state index in [9.17, 15) is 9.59 Å². The minimum atomic E-state index is -0.221. The molecule has 24 heavy (non-hydrogen) atoms. The first-order valence-electron chi connectivity index (χ1n) is 7.66. The molecule has 1 aromatic carbocycles. The van der Waals surface area contributed by atoms with Crippen LogP contribution in [0.15, 0.2) is 41.0 Å². The van der Waals surface area contributed by atoms with Crippen LogP contribution in [0.4, 0.5) is 5.82 Å². The molecule has 1 aromatic heterocycles. The highest BCUT2D eigenvalue weighted by molar-refractivity contribution is 9.10. The van der Waals surface area contributed by atoms with E-state index in [4.69, 9.17) is 0 Å². The number of nitrogens with one attached hydrogen (secondary N) is 2. The first kappa shape index (κ1) is 16.7. The summed E-state index contributed by atoms with van der Waals surface area (Å²) in [4.78, 5) is 25.5. The van der Waals surface area contributed by atoms with Crippen molar-refractivity contribution in [1.29, 1.82) is 0 Å². The monoisotopic (exact) mass is 391 g/mol. The average Bonchev–Trinajstić information content (AvgIpc) is 2.96. The Morgan fingerprint density at radius 2 is 2.25 bits per heavy atom. The van der Waals surface area contributed by atoms with E-state index >= 15 is 0 Å². The van der Waals surface area contributed by atoms with E-state index in [0.717, 1.165) is 10.0 Å². The predicted octanol–water partition coefficient (Wildman–Crippen LogP) is 1.06. The average molecular weight is 392 g/mol. The van der Waals surface area contributed by atoms with Crippen molar-refractivity contribution in [3.63, 3.8) is 0 Å². The summed E-state index contributed by atoms with van der Waals surface area (Å²) in [6.07, 6.45) is 1.64. The van der Waals surface area contributed by atoms with Crippen molar-refractivity contribution in [3.8, 4) is 0 Å². The van der Waals surface area contributed by atoms with Crippen molar-refractivity contribution in [2.24, 2.45) is 0 Å². The third kappa shape index (κ3) is 4.21. The van der Waals surface area contributed by atoms with E-state index < -0.39 is 0 Å². The highest BCUT2D eigenvalue weighted by atomic mass is 79.9. The molecule has 2 aromatic rings. The Bertz CT molecular complexity index is 746. The number of amides is 2. The number of rotatable bonds is 5. The molecule has 1 fully saturated rings. The Balaban J connectivity index is 1.62. The minimum Gasteiger partial charge on any atom is -0.331 e. The molecule has 3 rings (SSSR count). The number of aromatic nitrogens is 2. The Morgan fingerprint density at radius 3 is 3.04 bits per heavy atom. The zero-order valence-electron chi connectivity index (χ0n) is 13.0. The van der Waals surface area contributed by atoms with E-state index in [1.54, 1.807) is 21.8 Å². The third-order valence-electron chi connectivity index (χ3n) is 3.73. The van der Waals surface area contributed by atoms with Gasteiger partial charge in [0.2, 0.25) is 11.8 Å². The van der Waals surface area contributed by atoms with Gasteiger partial charge in [-0.3, -0.25) is 9.59 Å². The van der Waals surface area contributed by atoms with Crippen LogP contribution in [0.3, 0.4) is 0 Å². The molecule has 0 radical (unpaired) electrons. The van der Waals surface area contributed by atoms with Crippen LogP contribution in [-0.4, -0.2) is 52.7 Å². The zero-order chi connectivity index (χ0) is 16.9. The molecular weight excluding hydrogens is 374 g/mol. The second-order valence-electron chi connectivity index (χ2n) is 5.54. The number of nitrogens with zero attached hydrogens (tertiary/aromatic N) is 3. The smallest absolute Gasteiger partial charge is 0.245 e. The van der Waals surface area contributed by atoms with E-state index in [-0.39, 0.29) is 24.9 Å². The molecule has 0 atom stereocenters. The van der Waals surface area contributed by atoms with Gasteiger partial charge in [0.25, 0.3) is 0 Å². The van der Waals surface area contributed by atoms with Crippen LogP contribution in [0.2, 0.25) is 0 Å². The van der Waals surface area contributed by atoms with Gasteiger partial charge in [0, 0.05) is 23.6 Å². The number of carbonyl (C=O) groups excluding carboxylic acids is 2. The van der Waals surface area contributed by atoms with E-state index in [0.29, 0.717) is 25.5 Å². The SMILES string of the molecule is O=C(CN1CCNCC1=O)Nc1ccnn1Cc1cccc(Br)c1. The molecule has 0 aliphatic carbocycles. The first-order chi connectivity index (χ1) is 11.6. The fourth-order valence-electron chi connectivity index (χ4n) is 2.54. The number of benzene rings is 1. The summed E-state index contributed by atoms with van der Waals surface area (Å²) >= 11 is 3.44. The highest BCUT2D eigenvalue weighted by Crippen LogP contribution is 2.15. The number of piperazine rings is 1. The molecule has 8 heteroatoms. The molecule has 2 heterocycles. The third-order valence-corrected chi connectivity index (χ3v) is 4.22. The zero-order valence-corrected chi connectivity index (χ0v) is 14.6. The Morgan fingerprint density at radius 1 is 1.38 bits per heavy atom. The van der Waals surface area contributed by atoms with Crippen LogP contribution in [0.25, 0.3) is 0 Å². The van der Waals surface area contributed by atoms with E-state index in [1.807, 2.05) is 24.3 Å². The van der Waals surface area contributed by atoms with Crippen LogP contribution < -0.4 is 10.6 Å². The van der Waals surface area contributed by atoms with Crippen molar-refractivity contribution in [1.82, 2.24) is 20.0 Å². The fourth-order valence-corrected chi connectivity index (χ4v) is 2.99. The maximum Gasteiger partial charge on any atom is 0.245 e. The van der Waals surface area contributed by atoms with E-state index in [2.05, 4.69) is 31.7 Å². The van der Waals surface area contributed by atoms with Crippen LogP contribution in [0.5, 0.6) is 0 Å². The summed E-state index contributed by atoms with van der Waals surface area (Å²) in [5.74, 6) is 0.336. The lowest BCUT2D eigenvalue weighted by molar-refractivity contribution is -0.135. The summed E-state index contributed by atoms with van der Waals surface area (Å²) < 4.78 is 2.72. The summed E-state index contributed by atoms with van der Waals surface area (Å²) in [6, 6.07) is 9.66. The number of hydrogen-bond acceptors (Lipinski definition) is 4. The van der Waals surface area contributed by atoms with Crippen molar-refractivity contribution in [2.75, 3.05) is 31.5 Å². The number of carbonyl (C=O) groups is 2. The summed E-state index contributed by atoms with van der Waals surface area (Å²) in [5, 5.41) is 10.1. The Kier molecular flexibility index (Phi) is 5.27. The van der Waals surface area contributed by atoms with E-state index in [1.165, 1.54) is 0 Å². The van der Waals surface area contributed by atoms with Gasteiger partial charge in [-0.15, -0.1) is 0 Å². The van der Waals surface area contributed by atoms with Crippen molar-refractivity contribution < 1.29 is 9.59 Å². The molecule has 1 aliphatic heterocycles. The summed E-state index contributed by atoms with van der Waals surface area (Å²) in [5.41, 5.74) is 1.07. The fraction of sp³-hybridized carbons (Fsp3) is 0.312. The Hall–Kier alpha value is -2.19. The molecule has 1 saturated heterocycles. The van der Waals surface area contributed by atoms with Crippen molar-refractivity contribution in [2.45, 2.75) is 6.54 Å². The van der Waals surface area contributed by atoms with Crippen molar-refractivity contribution >= 4 is 33.6 Å². The molecule has 1 aliphatic rings. The van der Waals surface area contributed by atoms with Crippen LogP contribution in [0.1, 0.15) is 5.56 Å². The van der Waals surface area contributed by atoms with Gasteiger partial charge >= 0.3 is 0 Å². The molecule has 2 amide bonds. The molecule has 126 valence electrons. The van der Waals surface area contributed by atoms with Gasteiger partial charge in [0.15, 0.2) is 0 Å². The summed E-state index contributed by atoms with van der Waals surface area (Å²) in [7, 11) is 0. The van der Waals surface area contributed by atoms with Gasteiger partial charge < -0.3 is 15.5 Å². The van der Waals surface area contributed by atoms with Gasteiger partial charge in [-0.05, 0) is 17.7 Å². The van der Waals surface area contributed by atoms with Gasteiger partial charge in [-0.25, -0.2) is 4.68 Å². The van der Waals surface area contributed by atoms with Crippen LogP contribution in [0, 0.1) is 0 Å². The minimum absolute atomic E-state index is 0.0564. The maximum atomic E-state index is 12.2. The van der Waals surface area contributed by atoms with Gasteiger partial charge in [0.05, 0.1) is 25.8 Å². The topological polar surface area (TPSA) is 79.3 Å². The van der Waals surface area contributed by atoms with Crippen LogP contribution >= 0.6 is 15.9 Å². The van der Waals surface area contributed by atoms with Gasteiger partial charge in [-0.2, -0.15) is 5.10 Å². The molecular formula is C16H18BrN5O2. The lowest BCUT2D eigenvalue weighted by Gasteiger charge is -2.26. The molecule has 0 bridgehead atoms. The molecule has 7 nitrogen and oxygen atoms in total. The predicted molar refractivity (Wildman–Crippen MR) is 93.6 cm³/mol. The second-order valence-corrected chi connectivity index (χ2v) is 6.46. The second kappa shape index (κ2) is 7.59. The maximum absolute atomic E-state index is 12.2. The van der Waals surface area contributed by atoms with Gasteiger partial charge in [-0.1, -0.05) is 28.1 Å².